The highest BCUT2D eigenvalue weighted by atomic mass is 35.5. The van der Waals surface area contributed by atoms with Crippen LogP contribution >= 0.6 is 12.4 Å². The lowest BCUT2D eigenvalue weighted by Crippen LogP contribution is -2.44. The molecule has 0 unspecified atom stereocenters. The largest absolute Gasteiger partial charge is 0.399 e. The molecule has 4 nitrogen and oxygen atoms in total. The molecule has 0 aliphatic carbocycles. The average molecular weight is 298 g/mol. The van der Waals surface area contributed by atoms with E-state index >= 15 is 0 Å². The van der Waals surface area contributed by atoms with Gasteiger partial charge in [0.1, 0.15) is 0 Å². The van der Waals surface area contributed by atoms with Crippen molar-refractivity contribution in [2.24, 2.45) is 0 Å². The summed E-state index contributed by atoms with van der Waals surface area (Å²) in [5.41, 5.74) is 7.88. The molecule has 2 rings (SSSR count). The lowest BCUT2D eigenvalue weighted by atomic mass is 10.0. The SMILES string of the molecule is CC(=O)N(C)C1CCN(Cc2cccc(N)c2)CC1.Cl. The standard InChI is InChI=1S/C15H23N3O.ClH/c1-12(19)17(2)15-6-8-18(9-7-15)11-13-4-3-5-14(16)10-13;/h3-5,10,15H,6-9,11,16H2,1-2H3;1H. The molecule has 1 heterocycles. The molecule has 1 aliphatic heterocycles. The molecule has 1 saturated heterocycles. The molecule has 0 aromatic heterocycles. The van der Waals surface area contributed by atoms with Crippen LogP contribution in [-0.4, -0.2) is 41.9 Å². The number of hydrogen-bond acceptors (Lipinski definition) is 3. The van der Waals surface area contributed by atoms with Gasteiger partial charge in [-0.2, -0.15) is 0 Å². The summed E-state index contributed by atoms with van der Waals surface area (Å²) in [7, 11) is 1.90. The molecule has 0 saturated carbocycles. The Balaban J connectivity index is 0.00000200. The molecule has 112 valence electrons. The van der Waals surface area contributed by atoms with Gasteiger partial charge >= 0.3 is 0 Å². The number of piperidine rings is 1. The van der Waals surface area contributed by atoms with E-state index in [2.05, 4.69) is 11.0 Å². The van der Waals surface area contributed by atoms with Gasteiger partial charge in [-0.1, -0.05) is 12.1 Å². The second-order valence-electron chi connectivity index (χ2n) is 5.38. The van der Waals surface area contributed by atoms with E-state index in [-0.39, 0.29) is 18.3 Å². The predicted molar refractivity (Wildman–Crippen MR) is 84.8 cm³/mol. The molecule has 20 heavy (non-hydrogen) atoms. The first kappa shape index (κ1) is 16.8. The fraction of sp³-hybridized carbons (Fsp3) is 0.533. The van der Waals surface area contributed by atoms with Gasteiger partial charge in [0.05, 0.1) is 0 Å². The summed E-state index contributed by atoms with van der Waals surface area (Å²) in [6.07, 6.45) is 2.11. The van der Waals surface area contributed by atoms with Crippen LogP contribution in [0.3, 0.4) is 0 Å². The molecule has 5 heteroatoms. The minimum absolute atomic E-state index is 0. The number of anilines is 1. The van der Waals surface area contributed by atoms with Crippen LogP contribution in [0, 0.1) is 0 Å². The van der Waals surface area contributed by atoms with E-state index in [0.29, 0.717) is 6.04 Å². The van der Waals surface area contributed by atoms with E-state index in [0.717, 1.165) is 38.2 Å². The number of halogens is 1. The Kier molecular flexibility index (Phi) is 6.30. The monoisotopic (exact) mass is 297 g/mol. The van der Waals surface area contributed by atoms with Gasteiger partial charge in [-0.15, -0.1) is 12.4 Å². The van der Waals surface area contributed by atoms with Crippen molar-refractivity contribution in [3.05, 3.63) is 29.8 Å². The van der Waals surface area contributed by atoms with Crippen molar-refractivity contribution in [2.75, 3.05) is 25.9 Å². The number of carbonyl (C=O) groups is 1. The number of benzene rings is 1. The number of amides is 1. The van der Waals surface area contributed by atoms with Crippen LogP contribution < -0.4 is 5.73 Å². The van der Waals surface area contributed by atoms with Gasteiger partial charge in [-0.25, -0.2) is 0 Å². The molecule has 1 aliphatic rings. The van der Waals surface area contributed by atoms with Crippen molar-refractivity contribution in [1.29, 1.82) is 0 Å². The lowest BCUT2D eigenvalue weighted by Gasteiger charge is -2.36. The Hall–Kier alpha value is -1.26. The third-order valence-electron chi connectivity index (χ3n) is 3.96. The summed E-state index contributed by atoms with van der Waals surface area (Å²) >= 11 is 0. The Bertz CT molecular complexity index is 444. The molecule has 2 N–H and O–H groups in total. The van der Waals surface area contributed by atoms with Crippen molar-refractivity contribution < 1.29 is 4.79 Å². The van der Waals surface area contributed by atoms with Crippen LogP contribution in [0.2, 0.25) is 0 Å². The van der Waals surface area contributed by atoms with E-state index in [1.54, 1.807) is 6.92 Å². The highest BCUT2D eigenvalue weighted by molar-refractivity contribution is 5.85. The maximum atomic E-state index is 11.4. The minimum atomic E-state index is 0. The molecule has 1 amide bonds. The summed E-state index contributed by atoms with van der Waals surface area (Å²) in [5, 5.41) is 0. The lowest BCUT2D eigenvalue weighted by molar-refractivity contribution is -0.130. The zero-order valence-corrected chi connectivity index (χ0v) is 13.0. The van der Waals surface area contributed by atoms with Crippen LogP contribution in [0.5, 0.6) is 0 Å². The van der Waals surface area contributed by atoms with Crippen molar-refractivity contribution in [1.82, 2.24) is 9.80 Å². The van der Waals surface area contributed by atoms with Gasteiger partial charge in [0.25, 0.3) is 0 Å². The zero-order chi connectivity index (χ0) is 13.8. The van der Waals surface area contributed by atoms with E-state index in [9.17, 15) is 4.79 Å². The predicted octanol–water partition coefficient (Wildman–Crippen LogP) is 2.13. The van der Waals surface area contributed by atoms with Crippen LogP contribution in [0.1, 0.15) is 25.3 Å². The van der Waals surface area contributed by atoms with Gasteiger partial charge in [0, 0.05) is 45.3 Å². The van der Waals surface area contributed by atoms with E-state index in [1.165, 1.54) is 5.56 Å². The van der Waals surface area contributed by atoms with E-state index in [4.69, 9.17) is 5.73 Å². The summed E-state index contributed by atoms with van der Waals surface area (Å²) < 4.78 is 0. The van der Waals surface area contributed by atoms with Gasteiger partial charge < -0.3 is 10.6 Å². The first-order valence-electron chi connectivity index (χ1n) is 6.86. The van der Waals surface area contributed by atoms with Crippen molar-refractivity contribution >= 4 is 24.0 Å². The number of nitrogens with two attached hydrogens (primary N) is 1. The van der Waals surface area contributed by atoms with E-state index < -0.39 is 0 Å². The fourth-order valence-electron chi connectivity index (χ4n) is 2.67. The number of nitrogens with zero attached hydrogens (tertiary/aromatic N) is 2. The Morgan fingerprint density at radius 2 is 2.05 bits per heavy atom. The molecule has 0 atom stereocenters. The summed E-state index contributed by atoms with van der Waals surface area (Å²) in [6, 6.07) is 8.46. The van der Waals surface area contributed by atoms with E-state index in [1.807, 2.05) is 30.1 Å². The molecule has 1 fully saturated rings. The number of carbonyl (C=O) groups excluding carboxylic acids is 1. The molecule has 1 aromatic rings. The van der Waals surface area contributed by atoms with Crippen molar-refractivity contribution in [3.8, 4) is 0 Å². The molecular weight excluding hydrogens is 274 g/mol. The number of rotatable bonds is 3. The number of hydrogen-bond donors (Lipinski definition) is 1. The molecule has 0 bridgehead atoms. The maximum Gasteiger partial charge on any atom is 0.219 e. The summed E-state index contributed by atoms with van der Waals surface area (Å²) in [5.74, 6) is 0.161. The first-order valence-corrected chi connectivity index (χ1v) is 6.86. The molecule has 0 spiro atoms. The van der Waals surface area contributed by atoms with Gasteiger partial charge in [0.15, 0.2) is 0 Å². The van der Waals surface area contributed by atoms with Gasteiger partial charge in [0.2, 0.25) is 5.91 Å². The summed E-state index contributed by atoms with van der Waals surface area (Å²) in [4.78, 5) is 15.7. The second kappa shape index (κ2) is 7.50. The number of likely N-dealkylation sites (tertiary alicyclic amines) is 1. The van der Waals surface area contributed by atoms with Crippen molar-refractivity contribution in [2.45, 2.75) is 32.4 Å². The zero-order valence-electron chi connectivity index (χ0n) is 12.2. The third-order valence-corrected chi connectivity index (χ3v) is 3.96. The highest BCUT2D eigenvalue weighted by Gasteiger charge is 2.23. The van der Waals surface area contributed by atoms with Crippen LogP contribution in [0.25, 0.3) is 0 Å². The number of nitrogen functional groups attached to an aromatic ring is 1. The van der Waals surface area contributed by atoms with Crippen LogP contribution in [0.15, 0.2) is 24.3 Å². The Morgan fingerprint density at radius 1 is 1.40 bits per heavy atom. The van der Waals surface area contributed by atoms with Gasteiger partial charge in [-0.3, -0.25) is 9.69 Å². The third kappa shape index (κ3) is 4.39. The minimum Gasteiger partial charge on any atom is -0.399 e. The maximum absolute atomic E-state index is 11.4. The fourth-order valence-corrected chi connectivity index (χ4v) is 2.67. The van der Waals surface area contributed by atoms with Crippen LogP contribution in [-0.2, 0) is 11.3 Å². The van der Waals surface area contributed by atoms with Crippen molar-refractivity contribution in [3.63, 3.8) is 0 Å². The smallest absolute Gasteiger partial charge is 0.219 e. The highest BCUT2D eigenvalue weighted by Crippen LogP contribution is 2.18. The Morgan fingerprint density at radius 3 is 2.60 bits per heavy atom. The van der Waals surface area contributed by atoms with Gasteiger partial charge in [-0.05, 0) is 30.5 Å². The topological polar surface area (TPSA) is 49.6 Å². The first-order chi connectivity index (χ1) is 9.06. The second-order valence-corrected chi connectivity index (χ2v) is 5.38. The normalized spacial score (nSPS) is 16.5. The molecule has 0 radical (unpaired) electrons. The average Bonchev–Trinajstić information content (AvgIpc) is 2.39. The van der Waals surface area contributed by atoms with Crippen LogP contribution in [0.4, 0.5) is 5.69 Å². The molecule has 1 aromatic carbocycles. The Labute approximate surface area is 127 Å². The molecular formula is C15H24ClN3O. The summed E-state index contributed by atoms with van der Waals surface area (Å²) in [6.45, 7) is 4.66. The quantitative estimate of drug-likeness (QED) is 0.870.